The quantitative estimate of drug-likeness (QED) is 0.0345. The monoisotopic (exact) mass is 959 g/mol. The van der Waals surface area contributed by atoms with Gasteiger partial charge in [0.05, 0.1) is 6.61 Å². The molecule has 0 bridgehead atoms. The third-order valence-corrected chi connectivity index (χ3v) is 10.4. The smallest absolute Gasteiger partial charge is 0.306 e. The second kappa shape index (κ2) is 58.3. The van der Waals surface area contributed by atoms with Crippen LogP contribution in [0, 0.1) is 0 Å². The Morgan fingerprint density at radius 3 is 0.957 bits per heavy atom. The lowest BCUT2D eigenvalue weighted by atomic mass is 10.1. The Kier molecular flexibility index (Phi) is 54.1. The van der Waals surface area contributed by atoms with Gasteiger partial charge in [0.15, 0.2) is 6.10 Å². The van der Waals surface area contributed by atoms with Crippen molar-refractivity contribution in [1.82, 2.24) is 0 Å². The van der Waals surface area contributed by atoms with Crippen LogP contribution in [0.2, 0.25) is 0 Å². The molecule has 0 radical (unpaired) electrons. The normalized spacial score (nSPS) is 13.7. The van der Waals surface area contributed by atoms with Gasteiger partial charge in [0, 0.05) is 19.4 Å². The third kappa shape index (κ3) is 55.6. The molecule has 388 valence electrons. The summed E-state index contributed by atoms with van der Waals surface area (Å²) in [6.45, 7) is 7.26. The predicted molar refractivity (Wildman–Crippen MR) is 306 cm³/mol. The summed E-state index contributed by atoms with van der Waals surface area (Å²) in [5.41, 5.74) is 0. The summed E-state index contributed by atoms with van der Waals surface area (Å²) in [4.78, 5) is 25.4. The average Bonchev–Trinajstić information content (AvgIpc) is 3.36. The van der Waals surface area contributed by atoms with Crippen molar-refractivity contribution in [3.63, 3.8) is 0 Å². The standard InChI is InChI=1S/C65H98O5/c1-4-7-10-13-16-19-22-25-28-31-33-35-37-40-43-46-49-52-55-58-64(66)69-62-63(61-68-60-57-54-51-48-45-42-39-30-27-24-21-18-15-12-9-6-3)70-65(67)59-56-53-50-47-44-41-38-36-34-32-29-26-23-20-17-14-11-8-5-2/h7-12,16-21,25-30,33-36,40-41,43-44,49-50,52-53,63H,4-6,13-15,22-24,31-32,37-39,42,45-48,51,54-62H2,1-3H3/b10-7-,11-8-,12-9-,19-16-,20-17-,21-18-,28-25-,29-26-,30-27-,35-33-,36-34-,43-40-,44-41-,52-49-,53-50-. The van der Waals surface area contributed by atoms with Gasteiger partial charge in [-0.1, -0.05) is 229 Å². The molecule has 70 heavy (non-hydrogen) atoms. The summed E-state index contributed by atoms with van der Waals surface area (Å²) in [6, 6.07) is 0. The zero-order valence-corrected chi connectivity index (χ0v) is 44.4. The van der Waals surface area contributed by atoms with Crippen LogP contribution in [0.4, 0.5) is 0 Å². The molecule has 0 aromatic carbocycles. The summed E-state index contributed by atoms with van der Waals surface area (Å²) in [5, 5.41) is 0. The second-order valence-electron chi connectivity index (χ2n) is 17.0. The highest BCUT2D eigenvalue weighted by molar-refractivity contribution is 5.70. The first kappa shape index (κ1) is 65.0. The molecule has 0 aliphatic carbocycles. The van der Waals surface area contributed by atoms with Gasteiger partial charge in [-0.2, -0.15) is 0 Å². The number of hydrogen-bond donors (Lipinski definition) is 0. The van der Waals surface area contributed by atoms with Crippen LogP contribution >= 0.6 is 0 Å². The molecule has 1 atom stereocenters. The van der Waals surface area contributed by atoms with Gasteiger partial charge >= 0.3 is 11.9 Å². The van der Waals surface area contributed by atoms with Crippen LogP contribution in [0.3, 0.4) is 0 Å². The largest absolute Gasteiger partial charge is 0.462 e. The van der Waals surface area contributed by atoms with Gasteiger partial charge in [0.25, 0.3) is 0 Å². The molecule has 0 amide bonds. The van der Waals surface area contributed by atoms with Gasteiger partial charge in [-0.05, 0) is 128 Å². The molecule has 0 fully saturated rings. The molecule has 1 unspecified atom stereocenters. The maximum absolute atomic E-state index is 12.8. The molecule has 0 heterocycles. The molecule has 0 aliphatic rings. The molecule has 0 aliphatic heterocycles. The minimum Gasteiger partial charge on any atom is -0.462 e. The first-order chi connectivity index (χ1) is 34.6. The lowest BCUT2D eigenvalue weighted by Crippen LogP contribution is -2.30. The van der Waals surface area contributed by atoms with Crippen LogP contribution < -0.4 is 0 Å². The van der Waals surface area contributed by atoms with Gasteiger partial charge in [-0.3, -0.25) is 9.59 Å². The molecule has 0 aromatic rings. The average molecular weight is 959 g/mol. The van der Waals surface area contributed by atoms with Gasteiger partial charge in [-0.15, -0.1) is 0 Å². The highest BCUT2D eigenvalue weighted by Crippen LogP contribution is 2.10. The number of esters is 2. The highest BCUT2D eigenvalue weighted by atomic mass is 16.6. The molecule has 0 rings (SSSR count). The van der Waals surface area contributed by atoms with E-state index in [1.807, 2.05) is 12.2 Å². The van der Waals surface area contributed by atoms with Crippen LogP contribution in [0.5, 0.6) is 0 Å². The molecular weight excluding hydrogens is 861 g/mol. The number of unbranched alkanes of at least 4 members (excludes halogenated alkanes) is 6. The van der Waals surface area contributed by atoms with E-state index in [-0.39, 0.29) is 38.0 Å². The lowest BCUT2D eigenvalue weighted by Gasteiger charge is -2.18. The number of allylic oxidation sites excluding steroid dienone is 30. The van der Waals surface area contributed by atoms with E-state index in [9.17, 15) is 9.59 Å². The van der Waals surface area contributed by atoms with Crippen LogP contribution in [0.1, 0.15) is 188 Å². The first-order valence-corrected chi connectivity index (χ1v) is 27.3. The van der Waals surface area contributed by atoms with Crippen molar-refractivity contribution in [2.24, 2.45) is 0 Å². The number of rotatable bonds is 47. The van der Waals surface area contributed by atoms with Crippen LogP contribution in [-0.4, -0.2) is 37.9 Å². The van der Waals surface area contributed by atoms with Crippen molar-refractivity contribution in [1.29, 1.82) is 0 Å². The van der Waals surface area contributed by atoms with Gasteiger partial charge in [0.1, 0.15) is 6.61 Å². The summed E-state index contributed by atoms with van der Waals surface area (Å²) in [6.07, 6.45) is 89.3. The van der Waals surface area contributed by atoms with Crippen LogP contribution in [0.25, 0.3) is 0 Å². The van der Waals surface area contributed by atoms with Crippen molar-refractivity contribution in [2.45, 2.75) is 194 Å². The number of hydrogen-bond acceptors (Lipinski definition) is 5. The van der Waals surface area contributed by atoms with Crippen molar-refractivity contribution in [3.8, 4) is 0 Å². The minimum atomic E-state index is -0.631. The van der Waals surface area contributed by atoms with E-state index < -0.39 is 6.10 Å². The Morgan fingerprint density at radius 2 is 0.600 bits per heavy atom. The molecule has 0 saturated heterocycles. The van der Waals surface area contributed by atoms with E-state index in [0.717, 1.165) is 116 Å². The lowest BCUT2D eigenvalue weighted by molar-refractivity contribution is -0.162. The third-order valence-electron chi connectivity index (χ3n) is 10.4. The highest BCUT2D eigenvalue weighted by Gasteiger charge is 2.17. The topological polar surface area (TPSA) is 61.8 Å². The second-order valence-corrected chi connectivity index (χ2v) is 17.0. The van der Waals surface area contributed by atoms with Crippen molar-refractivity contribution >= 4 is 11.9 Å². The van der Waals surface area contributed by atoms with Crippen LogP contribution in [0.15, 0.2) is 182 Å². The summed E-state index contributed by atoms with van der Waals surface area (Å²) in [7, 11) is 0. The molecule has 5 heteroatoms. The Labute approximate surface area is 429 Å². The van der Waals surface area contributed by atoms with E-state index in [1.54, 1.807) is 0 Å². The Hall–Kier alpha value is -5.00. The molecule has 0 saturated carbocycles. The fraction of sp³-hybridized carbons (Fsp3) is 0.508. The minimum absolute atomic E-state index is 0.00469. The predicted octanol–water partition coefficient (Wildman–Crippen LogP) is 19.0. The maximum atomic E-state index is 12.8. The van der Waals surface area contributed by atoms with Gasteiger partial charge in [0.2, 0.25) is 0 Å². The summed E-state index contributed by atoms with van der Waals surface area (Å²) < 4.78 is 17.3. The summed E-state index contributed by atoms with van der Waals surface area (Å²) in [5.74, 6) is -0.616. The molecule has 0 aromatic heterocycles. The van der Waals surface area contributed by atoms with Gasteiger partial charge in [-0.25, -0.2) is 0 Å². The Bertz CT molecular complexity index is 1650. The van der Waals surface area contributed by atoms with Crippen LogP contribution in [-0.2, 0) is 23.8 Å². The maximum Gasteiger partial charge on any atom is 0.306 e. The number of carbonyl (C=O) groups is 2. The Balaban J connectivity index is 4.59. The van der Waals surface area contributed by atoms with E-state index in [1.165, 1.54) is 25.7 Å². The van der Waals surface area contributed by atoms with E-state index in [0.29, 0.717) is 19.4 Å². The Morgan fingerprint density at radius 1 is 0.314 bits per heavy atom. The SMILES string of the molecule is CC/C=C\C/C=C\C/C=C\C/C=C\C/C=C\C/C=C\CCC(=O)OCC(COCCCCCCCC/C=C\C/C=C\C/C=C\CC)OC(=O)CC/C=C\C/C=C\C/C=C\C/C=C\C/C=C\C/C=C\CC. The number of carbonyl (C=O) groups excluding carboxylic acids is 2. The fourth-order valence-electron chi connectivity index (χ4n) is 6.52. The molecule has 5 nitrogen and oxygen atoms in total. The van der Waals surface area contributed by atoms with E-state index in [2.05, 4.69) is 191 Å². The molecule has 0 N–H and O–H groups in total. The van der Waals surface area contributed by atoms with Crippen molar-refractivity contribution in [2.75, 3.05) is 19.8 Å². The van der Waals surface area contributed by atoms with E-state index in [4.69, 9.17) is 14.2 Å². The molecule has 0 spiro atoms. The van der Waals surface area contributed by atoms with E-state index >= 15 is 0 Å². The summed E-state index contributed by atoms with van der Waals surface area (Å²) >= 11 is 0. The zero-order valence-electron chi connectivity index (χ0n) is 44.4. The van der Waals surface area contributed by atoms with Gasteiger partial charge < -0.3 is 14.2 Å². The number of ether oxygens (including phenoxy) is 3. The van der Waals surface area contributed by atoms with Crippen molar-refractivity contribution < 1.29 is 23.8 Å². The van der Waals surface area contributed by atoms with Crippen molar-refractivity contribution in [3.05, 3.63) is 182 Å². The zero-order chi connectivity index (χ0) is 50.6. The molecular formula is C65H98O5. The first-order valence-electron chi connectivity index (χ1n) is 27.3. The fourth-order valence-corrected chi connectivity index (χ4v) is 6.52.